The van der Waals surface area contributed by atoms with Crippen molar-refractivity contribution < 1.29 is 4.74 Å². The topological polar surface area (TPSA) is 24.5 Å². The van der Waals surface area contributed by atoms with E-state index >= 15 is 0 Å². The Hall–Kier alpha value is -0.540. The van der Waals surface area contributed by atoms with Crippen molar-refractivity contribution in [2.75, 3.05) is 33.8 Å². The third kappa shape index (κ3) is 4.67. The van der Waals surface area contributed by atoms with Gasteiger partial charge < -0.3 is 15.0 Å². The van der Waals surface area contributed by atoms with Crippen LogP contribution >= 0.6 is 0 Å². The van der Waals surface area contributed by atoms with Gasteiger partial charge in [0.05, 0.1) is 12.9 Å². The second kappa shape index (κ2) is 6.85. The molecule has 15 heavy (non-hydrogen) atoms. The second-order valence-electron chi connectivity index (χ2n) is 4.44. The molecule has 0 radical (unpaired) electrons. The summed E-state index contributed by atoms with van der Waals surface area (Å²) in [5, 5.41) is 3.58. The van der Waals surface area contributed by atoms with E-state index in [1.807, 2.05) is 6.26 Å². The van der Waals surface area contributed by atoms with E-state index in [4.69, 9.17) is 4.74 Å². The Morgan fingerprint density at radius 1 is 1.53 bits per heavy atom. The molecule has 3 nitrogen and oxygen atoms in total. The van der Waals surface area contributed by atoms with E-state index in [9.17, 15) is 0 Å². The maximum absolute atomic E-state index is 5.40. The molecule has 0 bridgehead atoms. The molecule has 1 atom stereocenters. The Labute approximate surface area is 93.5 Å². The minimum atomic E-state index is 0.459. The van der Waals surface area contributed by atoms with Crippen LogP contribution in [0.1, 0.15) is 26.2 Å². The molecule has 3 heteroatoms. The molecular formula is C12H24N2O. The zero-order valence-electron chi connectivity index (χ0n) is 10.3. The molecule has 0 aromatic rings. The Morgan fingerprint density at radius 3 is 2.87 bits per heavy atom. The second-order valence-corrected chi connectivity index (χ2v) is 4.44. The predicted molar refractivity (Wildman–Crippen MR) is 63.9 cm³/mol. The maximum Gasteiger partial charge on any atom is 0.0876 e. The summed E-state index contributed by atoms with van der Waals surface area (Å²) in [6.07, 6.45) is 5.47. The summed E-state index contributed by atoms with van der Waals surface area (Å²) in [6.45, 7) is 5.21. The van der Waals surface area contributed by atoms with Gasteiger partial charge in [-0.25, -0.2) is 0 Å². The summed E-state index contributed by atoms with van der Waals surface area (Å²) >= 11 is 0. The lowest BCUT2D eigenvalue weighted by molar-refractivity contribution is 0.215. The van der Waals surface area contributed by atoms with Crippen LogP contribution in [0.15, 0.2) is 11.8 Å². The highest BCUT2D eigenvalue weighted by molar-refractivity contribution is 5.10. The molecule has 0 aromatic carbocycles. The smallest absolute Gasteiger partial charge is 0.0876 e. The predicted octanol–water partition coefficient (Wildman–Crippen LogP) is 1.61. The summed E-state index contributed by atoms with van der Waals surface area (Å²) in [5.41, 5.74) is 1.42. The molecule has 1 heterocycles. The van der Waals surface area contributed by atoms with Crippen molar-refractivity contribution in [1.82, 2.24) is 10.2 Å². The van der Waals surface area contributed by atoms with Crippen molar-refractivity contribution in [2.45, 2.75) is 32.2 Å². The van der Waals surface area contributed by atoms with E-state index in [-0.39, 0.29) is 0 Å². The molecular weight excluding hydrogens is 188 g/mol. The fourth-order valence-corrected chi connectivity index (χ4v) is 1.84. The average molecular weight is 212 g/mol. The van der Waals surface area contributed by atoms with Gasteiger partial charge in [-0.05, 0) is 45.5 Å². The van der Waals surface area contributed by atoms with Gasteiger partial charge in [0, 0.05) is 12.6 Å². The van der Waals surface area contributed by atoms with E-state index in [2.05, 4.69) is 31.2 Å². The largest absolute Gasteiger partial charge is 0.501 e. The van der Waals surface area contributed by atoms with Crippen molar-refractivity contribution in [3.8, 4) is 0 Å². The van der Waals surface area contributed by atoms with Gasteiger partial charge >= 0.3 is 0 Å². The van der Waals surface area contributed by atoms with Crippen molar-refractivity contribution in [1.29, 1.82) is 0 Å². The molecule has 0 aliphatic carbocycles. The number of nitrogens with zero attached hydrogens (tertiary/aromatic N) is 1. The van der Waals surface area contributed by atoms with Crippen LogP contribution in [0.4, 0.5) is 0 Å². The van der Waals surface area contributed by atoms with Crippen molar-refractivity contribution in [2.24, 2.45) is 0 Å². The highest BCUT2D eigenvalue weighted by Gasteiger charge is 2.16. The van der Waals surface area contributed by atoms with Gasteiger partial charge in [0.1, 0.15) is 0 Å². The minimum Gasteiger partial charge on any atom is -0.501 e. The first kappa shape index (κ1) is 12.5. The van der Waals surface area contributed by atoms with Crippen LogP contribution in [-0.2, 0) is 4.74 Å². The quantitative estimate of drug-likeness (QED) is 0.724. The molecule has 1 rings (SSSR count). The highest BCUT2D eigenvalue weighted by Crippen LogP contribution is 2.16. The monoisotopic (exact) mass is 212 g/mol. The first-order chi connectivity index (χ1) is 7.24. The molecule has 1 aliphatic heterocycles. The van der Waals surface area contributed by atoms with Gasteiger partial charge in [0.25, 0.3) is 0 Å². The first-order valence-corrected chi connectivity index (χ1v) is 5.92. The molecule has 0 saturated heterocycles. The van der Waals surface area contributed by atoms with E-state index in [0.29, 0.717) is 6.04 Å². The number of hydrogen-bond acceptors (Lipinski definition) is 3. The minimum absolute atomic E-state index is 0.459. The zero-order chi connectivity index (χ0) is 11.1. The summed E-state index contributed by atoms with van der Waals surface area (Å²) in [6, 6.07) is 0.459. The molecule has 1 unspecified atom stereocenters. The van der Waals surface area contributed by atoms with Crippen LogP contribution in [0.3, 0.4) is 0 Å². The number of likely N-dealkylation sites (N-methyl/N-ethyl adjacent to an activating group) is 1. The van der Waals surface area contributed by atoms with Gasteiger partial charge in [0.15, 0.2) is 0 Å². The Morgan fingerprint density at radius 2 is 2.33 bits per heavy atom. The molecule has 0 amide bonds. The standard InChI is InChI=1S/C12H24N2O/c1-4-7-13-12(9-14(2)3)11-6-5-8-15-10-11/h10,12-13H,4-9H2,1-3H3. The van der Waals surface area contributed by atoms with Gasteiger partial charge in [-0.3, -0.25) is 0 Å². The van der Waals surface area contributed by atoms with Crippen LogP contribution < -0.4 is 5.32 Å². The Kier molecular flexibility index (Phi) is 5.73. The van der Waals surface area contributed by atoms with Crippen molar-refractivity contribution in [3.63, 3.8) is 0 Å². The van der Waals surface area contributed by atoms with E-state index in [1.54, 1.807) is 0 Å². The third-order valence-corrected chi connectivity index (χ3v) is 2.60. The Bertz CT molecular complexity index is 202. The van der Waals surface area contributed by atoms with Crippen LogP contribution in [-0.4, -0.2) is 44.7 Å². The lowest BCUT2D eigenvalue weighted by atomic mass is 10.0. The third-order valence-electron chi connectivity index (χ3n) is 2.60. The molecule has 0 saturated carbocycles. The number of ether oxygens (including phenoxy) is 1. The maximum atomic E-state index is 5.40. The summed E-state index contributed by atoms with van der Waals surface area (Å²) in [5.74, 6) is 0. The molecule has 0 fully saturated rings. The lowest BCUT2D eigenvalue weighted by Gasteiger charge is -2.26. The van der Waals surface area contributed by atoms with Crippen molar-refractivity contribution >= 4 is 0 Å². The van der Waals surface area contributed by atoms with Crippen LogP contribution in [0, 0.1) is 0 Å². The summed E-state index contributed by atoms with van der Waals surface area (Å²) in [4.78, 5) is 2.22. The van der Waals surface area contributed by atoms with Crippen molar-refractivity contribution in [3.05, 3.63) is 11.8 Å². The molecule has 0 spiro atoms. The number of nitrogens with one attached hydrogen (secondary N) is 1. The van der Waals surface area contributed by atoms with E-state index in [1.165, 1.54) is 18.4 Å². The fourth-order valence-electron chi connectivity index (χ4n) is 1.84. The van der Waals surface area contributed by atoms with Crippen LogP contribution in [0.25, 0.3) is 0 Å². The number of hydrogen-bond donors (Lipinski definition) is 1. The Balaban J connectivity index is 2.49. The lowest BCUT2D eigenvalue weighted by Crippen LogP contribution is -2.40. The summed E-state index contributed by atoms with van der Waals surface area (Å²) < 4.78 is 5.40. The molecule has 88 valence electrons. The summed E-state index contributed by atoms with van der Waals surface area (Å²) in [7, 11) is 4.23. The van der Waals surface area contributed by atoms with Crippen LogP contribution in [0.2, 0.25) is 0 Å². The number of rotatable bonds is 6. The highest BCUT2D eigenvalue weighted by atomic mass is 16.5. The van der Waals surface area contributed by atoms with Gasteiger partial charge in [0.2, 0.25) is 0 Å². The normalized spacial score (nSPS) is 18.5. The van der Waals surface area contributed by atoms with Gasteiger partial charge in [-0.2, -0.15) is 0 Å². The van der Waals surface area contributed by atoms with Crippen LogP contribution in [0.5, 0.6) is 0 Å². The average Bonchev–Trinajstić information content (AvgIpc) is 2.25. The molecule has 0 aromatic heterocycles. The van der Waals surface area contributed by atoms with Gasteiger partial charge in [-0.1, -0.05) is 6.92 Å². The molecule has 1 N–H and O–H groups in total. The van der Waals surface area contributed by atoms with Gasteiger partial charge in [-0.15, -0.1) is 0 Å². The first-order valence-electron chi connectivity index (χ1n) is 5.92. The fraction of sp³-hybridized carbons (Fsp3) is 0.833. The van der Waals surface area contributed by atoms with E-state index in [0.717, 1.165) is 26.1 Å². The SMILES string of the molecule is CCCNC(CN(C)C)C1=COCCC1. The molecule has 1 aliphatic rings. The van der Waals surface area contributed by atoms with E-state index < -0.39 is 0 Å². The zero-order valence-corrected chi connectivity index (χ0v) is 10.3.